The average Bonchev–Trinajstić information content (AvgIpc) is 3.17. The Morgan fingerprint density at radius 2 is 1.78 bits per heavy atom. The molecule has 9 nitrogen and oxygen atoms in total. The molecule has 0 radical (unpaired) electrons. The molecule has 1 fully saturated rings. The molecule has 0 unspecified atom stereocenters. The second-order valence-corrected chi connectivity index (χ2v) is 9.53. The Morgan fingerprint density at radius 3 is 2.49 bits per heavy atom. The Labute approximate surface area is 213 Å². The van der Waals surface area contributed by atoms with Crippen LogP contribution < -0.4 is 26.4 Å². The summed E-state index contributed by atoms with van der Waals surface area (Å²) in [6, 6.07) is 10.6. The summed E-state index contributed by atoms with van der Waals surface area (Å²) >= 11 is 0. The van der Waals surface area contributed by atoms with Gasteiger partial charge in [-0.05, 0) is 55.0 Å². The zero-order valence-corrected chi connectivity index (χ0v) is 20.7. The summed E-state index contributed by atoms with van der Waals surface area (Å²) in [6.07, 6.45) is 7.39. The average molecular weight is 500 g/mol. The number of aryl methyl sites for hydroxylation is 1. The van der Waals surface area contributed by atoms with Gasteiger partial charge < -0.3 is 20.6 Å². The molecule has 1 aliphatic heterocycles. The maximum atomic E-state index is 12.5. The van der Waals surface area contributed by atoms with Crippen LogP contribution in [0.15, 0.2) is 58.4 Å². The molecule has 1 saturated heterocycles. The van der Waals surface area contributed by atoms with E-state index in [1.165, 1.54) is 0 Å². The summed E-state index contributed by atoms with van der Waals surface area (Å²) in [5.74, 6) is -0.320. The number of carboxylic acids is 1. The summed E-state index contributed by atoms with van der Waals surface area (Å²) in [6.45, 7) is 3.37. The third-order valence-corrected chi connectivity index (χ3v) is 6.84. The first kappa shape index (κ1) is 24.4. The molecule has 4 aromatic rings. The van der Waals surface area contributed by atoms with Crippen molar-refractivity contribution in [3.8, 4) is 0 Å². The van der Waals surface area contributed by atoms with Crippen molar-refractivity contribution in [2.24, 2.45) is 0 Å². The van der Waals surface area contributed by atoms with Gasteiger partial charge in [0.25, 0.3) is 10.9 Å². The fraction of sp³-hybridized carbons (Fsp3) is 0.321. The lowest BCUT2D eigenvalue weighted by atomic mass is 10.0. The van der Waals surface area contributed by atoms with E-state index in [2.05, 4.69) is 20.6 Å². The van der Waals surface area contributed by atoms with E-state index in [0.29, 0.717) is 17.1 Å². The molecule has 1 aliphatic rings. The number of nitrogens with one attached hydrogen (secondary N) is 2. The first-order valence-electron chi connectivity index (χ1n) is 12.6. The van der Waals surface area contributed by atoms with Crippen LogP contribution in [0.5, 0.6) is 0 Å². The number of nitrogens with zero attached hydrogens (tertiary/aromatic N) is 3. The molecule has 5 rings (SSSR count). The number of carboxylic acid groups (broad SMARTS) is 1. The van der Waals surface area contributed by atoms with Crippen molar-refractivity contribution in [2.75, 3.05) is 28.6 Å². The van der Waals surface area contributed by atoms with Crippen molar-refractivity contribution < 1.29 is 9.90 Å². The molecular weight excluding hydrogens is 470 g/mol. The lowest BCUT2D eigenvalue weighted by molar-refractivity contribution is -0.137. The smallest absolute Gasteiger partial charge is 0.305 e. The third-order valence-electron chi connectivity index (χ3n) is 6.84. The predicted molar refractivity (Wildman–Crippen MR) is 145 cm³/mol. The lowest BCUT2D eigenvalue weighted by Gasteiger charge is -2.28. The molecule has 0 spiro atoms. The zero-order valence-electron chi connectivity index (χ0n) is 20.7. The number of pyridine rings is 2. The van der Waals surface area contributed by atoms with Crippen LogP contribution in [0.4, 0.5) is 22.9 Å². The number of hydrogen-bond acceptors (Lipinski definition) is 8. The number of aromatic nitrogens is 2. The highest BCUT2D eigenvalue weighted by atomic mass is 16.4. The highest BCUT2D eigenvalue weighted by molar-refractivity contribution is 5.92. The molecular formula is C28H29N5O4. The van der Waals surface area contributed by atoms with Gasteiger partial charge in [0.1, 0.15) is 17.2 Å². The van der Waals surface area contributed by atoms with Crippen LogP contribution in [0.25, 0.3) is 10.8 Å². The molecule has 9 heteroatoms. The molecule has 2 aromatic heterocycles. The van der Waals surface area contributed by atoms with Crippen molar-refractivity contribution in [2.45, 2.75) is 45.1 Å². The van der Waals surface area contributed by atoms with E-state index < -0.39 is 22.9 Å². The summed E-state index contributed by atoms with van der Waals surface area (Å²) in [4.78, 5) is 47.4. The van der Waals surface area contributed by atoms with E-state index >= 15 is 0 Å². The topological polar surface area (TPSA) is 125 Å². The van der Waals surface area contributed by atoms with Gasteiger partial charge in [-0.2, -0.15) is 0 Å². The minimum atomic E-state index is -1.00. The normalized spacial score (nSPS) is 14.9. The quantitative estimate of drug-likeness (QED) is 0.305. The number of fused-ring (bicyclic) bond motifs is 1. The molecule has 3 heterocycles. The molecule has 0 aliphatic carbocycles. The van der Waals surface area contributed by atoms with Crippen molar-refractivity contribution in [3.63, 3.8) is 0 Å². The van der Waals surface area contributed by atoms with E-state index in [0.717, 1.165) is 60.9 Å². The second-order valence-electron chi connectivity index (χ2n) is 9.53. The minimum absolute atomic E-state index is 0.225. The highest BCUT2D eigenvalue weighted by Crippen LogP contribution is 2.30. The number of hydrogen-bond donors (Lipinski definition) is 3. The van der Waals surface area contributed by atoms with Crippen LogP contribution in [0.3, 0.4) is 0 Å². The van der Waals surface area contributed by atoms with E-state index in [9.17, 15) is 19.5 Å². The van der Waals surface area contributed by atoms with Gasteiger partial charge in [-0.25, -0.2) is 4.98 Å². The Kier molecular flexibility index (Phi) is 6.85. The second kappa shape index (κ2) is 10.4. The fourth-order valence-corrected chi connectivity index (χ4v) is 4.96. The van der Waals surface area contributed by atoms with Gasteiger partial charge in [-0.15, -0.1) is 0 Å². The van der Waals surface area contributed by atoms with E-state index in [-0.39, 0.29) is 12.1 Å². The lowest BCUT2D eigenvalue weighted by Crippen LogP contribution is -2.43. The Bertz CT molecular complexity index is 1500. The van der Waals surface area contributed by atoms with Crippen LogP contribution in [-0.2, 0) is 4.79 Å². The van der Waals surface area contributed by atoms with Crippen molar-refractivity contribution in [1.29, 1.82) is 0 Å². The highest BCUT2D eigenvalue weighted by Gasteiger charge is 2.29. The molecule has 0 saturated carbocycles. The first-order chi connectivity index (χ1) is 17.9. The van der Waals surface area contributed by atoms with Crippen LogP contribution in [0, 0.1) is 6.92 Å². The van der Waals surface area contributed by atoms with Gasteiger partial charge in [0.2, 0.25) is 0 Å². The first-order valence-corrected chi connectivity index (χ1v) is 12.6. The van der Waals surface area contributed by atoms with E-state index in [1.807, 2.05) is 48.2 Å². The van der Waals surface area contributed by atoms with Gasteiger partial charge in [-0.3, -0.25) is 19.4 Å². The summed E-state index contributed by atoms with van der Waals surface area (Å²) in [5.41, 5.74) is 1.89. The van der Waals surface area contributed by atoms with Gasteiger partial charge in [0.05, 0.1) is 12.5 Å². The van der Waals surface area contributed by atoms with Crippen LogP contribution in [0.1, 0.15) is 49.4 Å². The van der Waals surface area contributed by atoms with Crippen molar-refractivity contribution in [1.82, 2.24) is 9.97 Å². The molecule has 0 bridgehead atoms. The van der Waals surface area contributed by atoms with Crippen LogP contribution in [0.2, 0.25) is 0 Å². The molecule has 3 N–H and O–H groups in total. The number of rotatable bonds is 8. The molecule has 2 aromatic carbocycles. The van der Waals surface area contributed by atoms with Crippen molar-refractivity contribution >= 4 is 39.6 Å². The summed E-state index contributed by atoms with van der Waals surface area (Å²) in [5, 5.41) is 17.9. The molecule has 190 valence electrons. The molecule has 37 heavy (non-hydrogen) atoms. The standard InChI is InChI=1S/C28H29N5O4/c1-17-14-19-10-11-29-16-21(19)28(30-17)31-20-8-6-18(7-9-20)22(15-23(34)35)32-24-25(27(37)26(24)36)33-12-4-2-3-5-13-33/h6-11,14,16,22,32H,2-5,12-13,15H2,1H3,(H,30,31)(H,34,35)/t22-/m0/s1. The van der Waals surface area contributed by atoms with Crippen LogP contribution >= 0.6 is 0 Å². The van der Waals surface area contributed by atoms with Crippen molar-refractivity contribution in [3.05, 3.63) is 80.5 Å². The molecule has 0 amide bonds. The van der Waals surface area contributed by atoms with E-state index in [1.54, 1.807) is 12.4 Å². The number of carbonyl (C=O) groups is 1. The maximum absolute atomic E-state index is 12.5. The SMILES string of the molecule is Cc1cc2ccncc2c(Nc2ccc([C@H](CC(=O)O)Nc3c(N4CCCCCC4)c(=O)c3=O)cc2)n1. The number of aliphatic carboxylic acids is 1. The van der Waals surface area contributed by atoms with Gasteiger partial charge >= 0.3 is 5.97 Å². The minimum Gasteiger partial charge on any atom is -0.481 e. The predicted octanol–water partition coefficient (Wildman–Crippen LogP) is 4.29. The zero-order chi connectivity index (χ0) is 25.9. The molecule has 1 atom stereocenters. The maximum Gasteiger partial charge on any atom is 0.305 e. The number of benzene rings is 1. The Balaban J connectivity index is 1.39. The van der Waals surface area contributed by atoms with Gasteiger partial charge in [0, 0.05) is 42.3 Å². The summed E-state index contributed by atoms with van der Waals surface area (Å²) in [7, 11) is 0. The van der Waals surface area contributed by atoms with E-state index in [4.69, 9.17) is 0 Å². The monoisotopic (exact) mass is 499 g/mol. The summed E-state index contributed by atoms with van der Waals surface area (Å²) < 4.78 is 0. The largest absolute Gasteiger partial charge is 0.481 e. The van der Waals surface area contributed by atoms with Crippen LogP contribution in [-0.4, -0.2) is 34.1 Å². The number of anilines is 4. The Hall–Kier alpha value is -4.27. The van der Waals surface area contributed by atoms with Gasteiger partial charge in [0.15, 0.2) is 0 Å². The Morgan fingerprint density at radius 1 is 1.05 bits per heavy atom. The fourth-order valence-electron chi connectivity index (χ4n) is 4.96. The van der Waals surface area contributed by atoms with Gasteiger partial charge in [-0.1, -0.05) is 25.0 Å². The third kappa shape index (κ3) is 5.16.